The highest BCUT2D eigenvalue weighted by Gasteiger charge is 2.17. The molecule has 0 saturated carbocycles. The minimum Gasteiger partial charge on any atom is -0.395 e. The molecule has 0 bridgehead atoms. The van der Waals surface area contributed by atoms with E-state index in [1.807, 2.05) is 30.3 Å². The molecular formula is C12H14N4O. The number of nitrogens with zero attached hydrogens (tertiary/aromatic N) is 2. The van der Waals surface area contributed by atoms with Crippen LogP contribution in [0.3, 0.4) is 0 Å². The molecule has 0 spiro atoms. The van der Waals surface area contributed by atoms with Gasteiger partial charge in [0.1, 0.15) is 5.69 Å². The molecule has 0 aliphatic carbocycles. The van der Waals surface area contributed by atoms with Crippen molar-refractivity contribution in [2.24, 2.45) is 7.05 Å². The van der Waals surface area contributed by atoms with Crippen molar-refractivity contribution in [3.63, 3.8) is 0 Å². The van der Waals surface area contributed by atoms with Crippen LogP contribution in [0.4, 0.5) is 11.4 Å². The number of carbonyl (C=O) groups excluding carboxylic acids is 1. The van der Waals surface area contributed by atoms with Crippen molar-refractivity contribution < 1.29 is 4.79 Å². The third-order valence-electron chi connectivity index (χ3n) is 2.52. The summed E-state index contributed by atoms with van der Waals surface area (Å²) in [5, 5.41) is 6.88. The number of anilines is 2. The normalized spacial score (nSPS) is 10.2. The molecule has 0 aliphatic heterocycles. The number of nitrogens with two attached hydrogens (primary N) is 1. The van der Waals surface area contributed by atoms with Crippen LogP contribution in [0.2, 0.25) is 0 Å². The van der Waals surface area contributed by atoms with Crippen LogP contribution in [-0.2, 0) is 7.05 Å². The van der Waals surface area contributed by atoms with Crippen LogP contribution >= 0.6 is 0 Å². The molecule has 88 valence electrons. The van der Waals surface area contributed by atoms with E-state index in [1.54, 1.807) is 14.0 Å². The van der Waals surface area contributed by atoms with Crippen LogP contribution in [0, 0.1) is 6.92 Å². The molecule has 0 radical (unpaired) electrons. The van der Waals surface area contributed by atoms with Crippen LogP contribution in [0.1, 0.15) is 16.2 Å². The highest BCUT2D eigenvalue weighted by atomic mass is 16.2. The van der Waals surface area contributed by atoms with Crippen molar-refractivity contribution in [1.29, 1.82) is 0 Å². The molecule has 1 heterocycles. The van der Waals surface area contributed by atoms with E-state index in [2.05, 4.69) is 10.4 Å². The zero-order valence-electron chi connectivity index (χ0n) is 9.77. The first kappa shape index (κ1) is 11.2. The molecule has 5 nitrogen and oxygen atoms in total. The lowest BCUT2D eigenvalue weighted by atomic mass is 10.2. The SMILES string of the molecule is Cc1nn(C)c(C(=O)Nc2ccccc2)c1N. The molecule has 2 aromatic rings. The van der Waals surface area contributed by atoms with Crippen molar-refractivity contribution in [3.05, 3.63) is 41.7 Å². The third kappa shape index (κ3) is 2.13. The number of aryl methyl sites for hydroxylation is 2. The minimum absolute atomic E-state index is 0.253. The minimum atomic E-state index is -0.253. The number of carbonyl (C=O) groups is 1. The van der Waals surface area contributed by atoms with Crippen LogP contribution < -0.4 is 11.1 Å². The number of hydrogen-bond donors (Lipinski definition) is 2. The van der Waals surface area contributed by atoms with Crippen molar-refractivity contribution >= 4 is 17.3 Å². The molecular weight excluding hydrogens is 216 g/mol. The summed E-state index contributed by atoms with van der Waals surface area (Å²) in [6.45, 7) is 1.77. The van der Waals surface area contributed by atoms with E-state index in [-0.39, 0.29) is 5.91 Å². The van der Waals surface area contributed by atoms with Crippen LogP contribution in [0.15, 0.2) is 30.3 Å². The summed E-state index contributed by atoms with van der Waals surface area (Å²) in [5.41, 5.74) is 8.00. The van der Waals surface area contributed by atoms with E-state index in [4.69, 9.17) is 5.73 Å². The molecule has 0 unspecified atom stereocenters. The summed E-state index contributed by atoms with van der Waals surface area (Å²) >= 11 is 0. The van der Waals surface area contributed by atoms with Gasteiger partial charge >= 0.3 is 0 Å². The van der Waals surface area contributed by atoms with E-state index in [9.17, 15) is 4.79 Å². The van der Waals surface area contributed by atoms with Gasteiger partial charge < -0.3 is 11.1 Å². The average molecular weight is 230 g/mol. The first-order valence-electron chi connectivity index (χ1n) is 5.25. The maximum absolute atomic E-state index is 12.0. The fourth-order valence-electron chi connectivity index (χ4n) is 1.66. The molecule has 3 N–H and O–H groups in total. The van der Waals surface area contributed by atoms with E-state index in [0.29, 0.717) is 17.1 Å². The van der Waals surface area contributed by atoms with Crippen LogP contribution in [-0.4, -0.2) is 15.7 Å². The number of rotatable bonds is 2. The largest absolute Gasteiger partial charge is 0.395 e. The summed E-state index contributed by atoms with van der Waals surface area (Å²) in [6, 6.07) is 9.23. The highest BCUT2D eigenvalue weighted by molar-refractivity contribution is 6.06. The van der Waals surface area contributed by atoms with Gasteiger partial charge in [-0.05, 0) is 19.1 Å². The number of nitrogen functional groups attached to an aromatic ring is 1. The van der Waals surface area contributed by atoms with Crippen molar-refractivity contribution in [2.75, 3.05) is 11.1 Å². The van der Waals surface area contributed by atoms with E-state index in [0.717, 1.165) is 5.69 Å². The lowest BCUT2D eigenvalue weighted by Crippen LogP contribution is -2.17. The maximum Gasteiger partial charge on any atom is 0.276 e. The Bertz CT molecular complexity index is 545. The fraction of sp³-hybridized carbons (Fsp3) is 0.167. The second kappa shape index (κ2) is 4.29. The topological polar surface area (TPSA) is 72.9 Å². The quantitative estimate of drug-likeness (QED) is 0.822. The van der Waals surface area contributed by atoms with Gasteiger partial charge in [-0.1, -0.05) is 18.2 Å². The van der Waals surface area contributed by atoms with Gasteiger partial charge in [-0.3, -0.25) is 9.48 Å². The first-order chi connectivity index (χ1) is 8.09. The van der Waals surface area contributed by atoms with Crippen molar-refractivity contribution in [3.8, 4) is 0 Å². The number of hydrogen-bond acceptors (Lipinski definition) is 3. The standard InChI is InChI=1S/C12H14N4O/c1-8-10(13)11(16(2)15-8)12(17)14-9-6-4-3-5-7-9/h3-7H,13H2,1-2H3,(H,14,17). The van der Waals surface area contributed by atoms with Gasteiger partial charge in [0.15, 0.2) is 0 Å². The van der Waals surface area contributed by atoms with Gasteiger partial charge in [-0.2, -0.15) is 5.10 Å². The van der Waals surface area contributed by atoms with Crippen LogP contribution in [0.25, 0.3) is 0 Å². The van der Waals surface area contributed by atoms with E-state index >= 15 is 0 Å². The Balaban J connectivity index is 2.27. The van der Waals surface area contributed by atoms with Gasteiger partial charge in [0.2, 0.25) is 0 Å². The predicted octanol–water partition coefficient (Wildman–Crippen LogP) is 1.56. The molecule has 1 aromatic carbocycles. The summed E-state index contributed by atoms with van der Waals surface area (Å²) in [6.07, 6.45) is 0. The monoisotopic (exact) mass is 230 g/mol. The number of aromatic nitrogens is 2. The van der Waals surface area contributed by atoms with Gasteiger partial charge in [0.05, 0.1) is 11.4 Å². The number of amides is 1. The second-order valence-corrected chi connectivity index (χ2v) is 3.79. The summed E-state index contributed by atoms with van der Waals surface area (Å²) < 4.78 is 1.49. The first-order valence-corrected chi connectivity index (χ1v) is 5.25. The Morgan fingerprint density at radius 2 is 2.00 bits per heavy atom. The van der Waals surface area contributed by atoms with Crippen LogP contribution in [0.5, 0.6) is 0 Å². The van der Waals surface area contributed by atoms with Crippen molar-refractivity contribution in [1.82, 2.24) is 9.78 Å². The number of nitrogens with one attached hydrogen (secondary N) is 1. The Morgan fingerprint density at radius 1 is 1.35 bits per heavy atom. The van der Waals surface area contributed by atoms with Gasteiger partial charge in [0.25, 0.3) is 5.91 Å². The second-order valence-electron chi connectivity index (χ2n) is 3.79. The van der Waals surface area contributed by atoms with Crippen molar-refractivity contribution in [2.45, 2.75) is 6.92 Å². The van der Waals surface area contributed by atoms with Gasteiger partial charge in [-0.15, -0.1) is 0 Å². The van der Waals surface area contributed by atoms with Gasteiger partial charge in [-0.25, -0.2) is 0 Å². The number of para-hydroxylation sites is 1. The Hall–Kier alpha value is -2.30. The molecule has 0 fully saturated rings. The van der Waals surface area contributed by atoms with E-state index < -0.39 is 0 Å². The summed E-state index contributed by atoms with van der Waals surface area (Å²) in [5.74, 6) is -0.253. The Labute approximate surface area is 99.2 Å². The molecule has 1 amide bonds. The summed E-state index contributed by atoms with van der Waals surface area (Å²) in [4.78, 5) is 12.0. The number of benzene rings is 1. The fourth-order valence-corrected chi connectivity index (χ4v) is 1.66. The van der Waals surface area contributed by atoms with E-state index in [1.165, 1.54) is 4.68 Å². The third-order valence-corrected chi connectivity index (χ3v) is 2.52. The Kier molecular flexibility index (Phi) is 2.82. The molecule has 0 aliphatic rings. The lowest BCUT2D eigenvalue weighted by Gasteiger charge is -2.05. The molecule has 5 heteroatoms. The highest BCUT2D eigenvalue weighted by Crippen LogP contribution is 2.17. The Morgan fingerprint density at radius 3 is 2.53 bits per heavy atom. The zero-order chi connectivity index (χ0) is 12.4. The zero-order valence-corrected chi connectivity index (χ0v) is 9.77. The molecule has 0 saturated heterocycles. The van der Waals surface area contributed by atoms with Gasteiger partial charge in [0, 0.05) is 12.7 Å². The lowest BCUT2D eigenvalue weighted by molar-refractivity contribution is 0.101. The molecule has 0 atom stereocenters. The molecule has 17 heavy (non-hydrogen) atoms. The summed E-state index contributed by atoms with van der Waals surface area (Å²) in [7, 11) is 1.70. The maximum atomic E-state index is 12.0. The predicted molar refractivity (Wildman–Crippen MR) is 66.8 cm³/mol. The molecule has 2 rings (SSSR count). The smallest absolute Gasteiger partial charge is 0.276 e. The molecule has 1 aromatic heterocycles. The average Bonchev–Trinajstić information content (AvgIpc) is 2.54.